The van der Waals surface area contributed by atoms with E-state index in [1.54, 1.807) is 0 Å². The highest BCUT2D eigenvalue weighted by molar-refractivity contribution is 8.26. The van der Waals surface area contributed by atoms with Crippen LogP contribution in [0.15, 0.2) is 39.7 Å². The van der Waals surface area contributed by atoms with Crippen molar-refractivity contribution in [1.82, 2.24) is 4.90 Å². The van der Waals surface area contributed by atoms with Crippen LogP contribution in [0.1, 0.15) is 17.7 Å². The second-order valence-electron chi connectivity index (χ2n) is 6.40. The van der Waals surface area contributed by atoms with Gasteiger partial charge in [-0.25, -0.2) is 4.79 Å². The van der Waals surface area contributed by atoms with Crippen LogP contribution in [0, 0.1) is 0 Å². The number of thiocarbonyl (C=S) groups is 1. The Morgan fingerprint density at radius 2 is 1.94 bits per heavy atom. The largest absolute Gasteiger partial charge is 0.481 e. The summed E-state index contributed by atoms with van der Waals surface area (Å²) >= 11 is 11.8. The molecule has 1 unspecified atom stereocenters. The van der Waals surface area contributed by atoms with E-state index in [4.69, 9.17) is 33.3 Å². The van der Waals surface area contributed by atoms with E-state index in [1.807, 2.05) is 0 Å². The molecule has 1 amide bonds. The molecule has 32 heavy (non-hydrogen) atoms. The van der Waals surface area contributed by atoms with E-state index < -0.39 is 42.0 Å². The molecule has 1 aromatic heterocycles. The molecule has 2 N–H and O–H groups in total. The Labute approximate surface area is 192 Å². The molecule has 0 saturated carbocycles. The van der Waals surface area contributed by atoms with Crippen molar-refractivity contribution in [3.8, 4) is 11.3 Å². The number of hydrogen-bond acceptors (Lipinski definition) is 6. The minimum atomic E-state index is -4.58. The molecule has 1 atom stereocenters. The number of amides is 1. The number of thioether (sulfide) groups is 1. The summed E-state index contributed by atoms with van der Waals surface area (Å²) in [6.07, 6.45) is -4.21. The van der Waals surface area contributed by atoms with Crippen molar-refractivity contribution >= 4 is 63.8 Å². The third-order valence-corrected chi connectivity index (χ3v) is 5.91. The van der Waals surface area contributed by atoms with Gasteiger partial charge in [-0.15, -0.1) is 0 Å². The van der Waals surface area contributed by atoms with E-state index >= 15 is 0 Å². The van der Waals surface area contributed by atoms with Crippen LogP contribution in [-0.2, 0) is 20.6 Å². The summed E-state index contributed by atoms with van der Waals surface area (Å²) in [6.45, 7) is 0. The Balaban J connectivity index is 1.90. The molecular formula is C19H11ClF3NO6S2. The number of halogens is 4. The maximum Gasteiger partial charge on any atom is 0.416 e. The number of nitrogens with zero attached hydrogens (tertiary/aromatic N) is 1. The third kappa shape index (κ3) is 4.97. The number of hydrogen-bond donors (Lipinski definition) is 2. The minimum Gasteiger partial charge on any atom is -0.481 e. The molecule has 1 saturated heterocycles. The number of carbonyl (C=O) groups is 3. The highest BCUT2D eigenvalue weighted by Gasteiger charge is 2.41. The lowest BCUT2D eigenvalue weighted by Crippen LogP contribution is -2.45. The van der Waals surface area contributed by atoms with Crippen LogP contribution in [0.25, 0.3) is 17.4 Å². The zero-order chi connectivity index (χ0) is 23.8. The van der Waals surface area contributed by atoms with Crippen molar-refractivity contribution in [2.45, 2.75) is 18.6 Å². The molecule has 0 radical (unpaired) electrons. The molecule has 2 heterocycles. The van der Waals surface area contributed by atoms with Crippen molar-refractivity contribution in [3.63, 3.8) is 0 Å². The van der Waals surface area contributed by atoms with Crippen molar-refractivity contribution in [3.05, 3.63) is 51.6 Å². The van der Waals surface area contributed by atoms with Crippen LogP contribution < -0.4 is 0 Å². The Morgan fingerprint density at radius 1 is 1.25 bits per heavy atom. The first-order chi connectivity index (χ1) is 14.9. The van der Waals surface area contributed by atoms with Gasteiger partial charge in [0.05, 0.1) is 21.9 Å². The second kappa shape index (κ2) is 8.96. The van der Waals surface area contributed by atoms with Crippen LogP contribution in [0.5, 0.6) is 0 Å². The third-order valence-electron chi connectivity index (χ3n) is 4.25. The molecule has 168 valence electrons. The molecule has 13 heteroatoms. The standard InChI is InChI=1S/C19H11ClF3NO6S2/c20-11-3-1-8(19(21,22)23)5-10(11)13-4-2-9(30-13)6-14-16(27)24(18(31)32-14)12(17(28)29)7-15(25)26/h1-6,12H,7H2,(H,25,26)(H,28,29). The van der Waals surface area contributed by atoms with Crippen LogP contribution in [-0.4, -0.2) is 43.3 Å². The van der Waals surface area contributed by atoms with Gasteiger partial charge >= 0.3 is 18.1 Å². The van der Waals surface area contributed by atoms with Gasteiger partial charge in [-0.1, -0.05) is 35.6 Å². The molecule has 1 aliphatic rings. The number of rotatable bonds is 6. The fourth-order valence-electron chi connectivity index (χ4n) is 2.80. The molecule has 0 bridgehead atoms. The first kappa shape index (κ1) is 23.8. The van der Waals surface area contributed by atoms with E-state index in [2.05, 4.69) is 0 Å². The van der Waals surface area contributed by atoms with Crippen molar-refractivity contribution in [2.75, 3.05) is 0 Å². The van der Waals surface area contributed by atoms with Gasteiger partial charge in [0.1, 0.15) is 21.9 Å². The topological polar surface area (TPSA) is 108 Å². The molecule has 1 aliphatic heterocycles. The monoisotopic (exact) mass is 505 g/mol. The van der Waals surface area contributed by atoms with Crippen LogP contribution in [0.2, 0.25) is 5.02 Å². The summed E-state index contributed by atoms with van der Waals surface area (Å²) in [5.41, 5.74) is -0.935. The number of aliphatic carboxylic acids is 2. The predicted molar refractivity (Wildman–Crippen MR) is 113 cm³/mol. The fourth-order valence-corrected chi connectivity index (χ4v) is 4.35. The highest BCUT2D eigenvalue weighted by atomic mass is 35.5. The van der Waals surface area contributed by atoms with E-state index in [0.717, 1.165) is 30.0 Å². The normalized spacial score (nSPS) is 16.6. The van der Waals surface area contributed by atoms with Gasteiger partial charge < -0.3 is 14.6 Å². The van der Waals surface area contributed by atoms with Crippen molar-refractivity contribution in [1.29, 1.82) is 0 Å². The van der Waals surface area contributed by atoms with Crippen LogP contribution >= 0.6 is 35.6 Å². The Hall–Kier alpha value is -2.83. The Kier molecular flexibility index (Phi) is 6.67. The van der Waals surface area contributed by atoms with Crippen LogP contribution in [0.3, 0.4) is 0 Å². The summed E-state index contributed by atoms with van der Waals surface area (Å²) in [5.74, 6) is -3.71. The average molecular weight is 506 g/mol. The first-order valence-electron chi connectivity index (χ1n) is 8.57. The van der Waals surface area contributed by atoms with E-state index in [-0.39, 0.29) is 31.3 Å². The van der Waals surface area contributed by atoms with E-state index in [9.17, 15) is 32.7 Å². The molecular weight excluding hydrogens is 495 g/mol. The summed E-state index contributed by atoms with van der Waals surface area (Å²) < 4.78 is 44.3. The molecule has 3 rings (SSSR count). The number of furan rings is 1. The Bertz CT molecular complexity index is 1160. The maximum atomic E-state index is 13.0. The average Bonchev–Trinajstić information content (AvgIpc) is 3.24. The van der Waals surface area contributed by atoms with Gasteiger partial charge in [0.2, 0.25) is 0 Å². The van der Waals surface area contributed by atoms with Gasteiger partial charge in [0.25, 0.3) is 5.91 Å². The van der Waals surface area contributed by atoms with Gasteiger partial charge in [-0.2, -0.15) is 13.2 Å². The molecule has 0 aliphatic carbocycles. The van der Waals surface area contributed by atoms with Gasteiger partial charge in [0.15, 0.2) is 0 Å². The molecule has 1 fully saturated rings. The number of alkyl halides is 3. The van der Waals surface area contributed by atoms with Gasteiger partial charge in [-0.3, -0.25) is 14.5 Å². The zero-order valence-electron chi connectivity index (χ0n) is 15.6. The summed E-state index contributed by atoms with van der Waals surface area (Å²) in [5, 5.41) is 18.2. The maximum absolute atomic E-state index is 13.0. The molecule has 7 nitrogen and oxygen atoms in total. The Morgan fingerprint density at radius 3 is 2.53 bits per heavy atom. The lowest BCUT2D eigenvalue weighted by molar-refractivity contribution is -0.150. The van der Waals surface area contributed by atoms with Gasteiger partial charge in [0, 0.05) is 11.6 Å². The van der Waals surface area contributed by atoms with Gasteiger partial charge in [-0.05, 0) is 30.3 Å². The lowest BCUT2D eigenvalue weighted by atomic mass is 10.1. The number of carbonyl (C=O) groups excluding carboxylic acids is 1. The number of carboxylic acid groups (broad SMARTS) is 2. The SMILES string of the molecule is O=C(O)CC(C(=O)O)N1C(=O)C(=Cc2ccc(-c3cc(C(F)(F)F)ccc3Cl)o2)SC1=S. The molecule has 2 aromatic rings. The first-order valence-corrected chi connectivity index (χ1v) is 10.2. The van der Waals surface area contributed by atoms with Crippen LogP contribution in [0.4, 0.5) is 13.2 Å². The lowest BCUT2D eigenvalue weighted by Gasteiger charge is -2.21. The van der Waals surface area contributed by atoms with Crippen molar-refractivity contribution in [2.24, 2.45) is 0 Å². The highest BCUT2D eigenvalue weighted by Crippen LogP contribution is 2.38. The quantitative estimate of drug-likeness (QED) is 0.428. The molecule has 0 spiro atoms. The number of carboxylic acids is 2. The predicted octanol–water partition coefficient (Wildman–Crippen LogP) is 4.75. The second-order valence-corrected chi connectivity index (χ2v) is 8.48. The zero-order valence-corrected chi connectivity index (χ0v) is 17.9. The van der Waals surface area contributed by atoms with Crippen molar-refractivity contribution < 1.29 is 42.2 Å². The summed E-state index contributed by atoms with van der Waals surface area (Å²) in [7, 11) is 0. The molecule has 1 aromatic carbocycles. The van der Waals surface area contributed by atoms with E-state index in [0.29, 0.717) is 4.90 Å². The fraction of sp³-hybridized carbons (Fsp3) is 0.158. The summed E-state index contributed by atoms with van der Waals surface area (Å²) in [6, 6.07) is 3.79. The summed E-state index contributed by atoms with van der Waals surface area (Å²) in [4.78, 5) is 35.6. The van der Waals surface area contributed by atoms with E-state index in [1.165, 1.54) is 18.2 Å². The number of benzene rings is 1. The smallest absolute Gasteiger partial charge is 0.416 e. The minimum absolute atomic E-state index is 0.0112.